The first-order valence-corrected chi connectivity index (χ1v) is 9.55. The normalized spacial score (nSPS) is 22.3. The Hall–Kier alpha value is -1.85. The molecule has 25 heavy (non-hydrogen) atoms. The second kappa shape index (κ2) is 8.02. The van der Waals surface area contributed by atoms with Crippen molar-refractivity contribution in [1.82, 2.24) is 14.9 Å². The first kappa shape index (κ1) is 18.0. The Bertz CT molecular complexity index is 585. The highest BCUT2D eigenvalue weighted by atomic mass is 16.5. The van der Waals surface area contributed by atoms with E-state index in [2.05, 4.69) is 26.7 Å². The van der Waals surface area contributed by atoms with Gasteiger partial charge in [-0.25, -0.2) is 0 Å². The zero-order valence-corrected chi connectivity index (χ0v) is 15.6. The summed E-state index contributed by atoms with van der Waals surface area (Å²) in [5.74, 6) is 2.55. The molecule has 1 amide bonds. The lowest BCUT2D eigenvalue weighted by atomic mass is 9.93. The molecule has 1 aromatic rings. The van der Waals surface area contributed by atoms with Crippen molar-refractivity contribution in [2.75, 3.05) is 31.1 Å². The van der Waals surface area contributed by atoms with E-state index in [0.717, 1.165) is 51.3 Å². The molecule has 1 aromatic heterocycles. The summed E-state index contributed by atoms with van der Waals surface area (Å²) in [6.45, 7) is 9.76. The number of rotatable bonds is 4. The molecule has 1 atom stereocenters. The molecule has 6 nitrogen and oxygen atoms in total. The fourth-order valence-electron chi connectivity index (χ4n) is 3.79. The van der Waals surface area contributed by atoms with Crippen LogP contribution in [0.1, 0.15) is 46.5 Å². The third kappa shape index (κ3) is 4.61. The third-order valence-electron chi connectivity index (χ3n) is 5.09. The number of carbonyl (C=O) groups is 1. The average Bonchev–Trinajstić information content (AvgIpc) is 2.61. The highest BCUT2D eigenvalue weighted by Crippen LogP contribution is 2.26. The Balaban J connectivity index is 1.55. The minimum absolute atomic E-state index is 0.0832. The van der Waals surface area contributed by atoms with Gasteiger partial charge in [-0.05, 0) is 45.4 Å². The highest BCUT2D eigenvalue weighted by molar-refractivity contribution is 5.79. The molecule has 3 heterocycles. The van der Waals surface area contributed by atoms with E-state index < -0.39 is 0 Å². The number of anilines is 1. The lowest BCUT2D eigenvalue weighted by Gasteiger charge is -2.37. The number of hydrogen-bond donors (Lipinski definition) is 0. The van der Waals surface area contributed by atoms with Crippen LogP contribution in [0.25, 0.3) is 0 Å². The van der Waals surface area contributed by atoms with Gasteiger partial charge in [-0.1, -0.05) is 6.92 Å². The van der Waals surface area contributed by atoms with Gasteiger partial charge < -0.3 is 14.5 Å². The first-order chi connectivity index (χ1) is 12.0. The molecular formula is C19H30N4O2. The Morgan fingerprint density at radius 3 is 2.64 bits per heavy atom. The summed E-state index contributed by atoms with van der Waals surface area (Å²) >= 11 is 0. The van der Waals surface area contributed by atoms with Gasteiger partial charge in [0, 0.05) is 32.1 Å². The van der Waals surface area contributed by atoms with Crippen molar-refractivity contribution in [2.24, 2.45) is 11.8 Å². The Morgan fingerprint density at radius 2 is 1.96 bits per heavy atom. The second-order valence-electron chi connectivity index (χ2n) is 7.68. The number of ether oxygens (including phenoxy) is 1. The van der Waals surface area contributed by atoms with E-state index in [1.807, 2.05) is 13.8 Å². The van der Waals surface area contributed by atoms with Crippen LogP contribution >= 0.6 is 0 Å². The van der Waals surface area contributed by atoms with Crippen LogP contribution in [-0.2, 0) is 4.79 Å². The maximum absolute atomic E-state index is 12.8. The Labute approximate surface area is 150 Å². The fourth-order valence-corrected chi connectivity index (χ4v) is 3.79. The fraction of sp³-hybridized carbons (Fsp3) is 0.737. The number of piperidine rings is 2. The molecular weight excluding hydrogens is 316 g/mol. The maximum atomic E-state index is 12.8. The summed E-state index contributed by atoms with van der Waals surface area (Å²) in [5.41, 5.74) is 0. The molecule has 2 saturated heterocycles. The van der Waals surface area contributed by atoms with E-state index >= 15 is 0 Å². The molecule has 0 aromatic carbocycles. The molecule has 2 aliphatic rings. The van der Waals surface area contributed by atoms with Gasteiger partial charge in [-0.15, -0.1) is 0 Å². The minimum atomic E-state index is 0.0832. The predicted molar refractivity (Wildman–Crippen MR) is 97.7 cm³/mol. The van der Waals surface area contributed by atoms with Crippen LogP contribution in [0.3, 0.4) is 0 Å². The van der Waals surface area contributed by atoms with Gasteiger partial charge in [0.05, 0.1) is 18.5 Å². The average molecular weight is 346 g/mol. The van der Waals surface area contributed by atoms with Crippen LogP contribution in [-0.4, -0.2) is 53.1 Å². The summed E-state index contributed by atoms with van der Waals surface area (Å²) in [5, 5.41) is 0. The van der Waals surface area contributed by atoms with E-state index in [9.17, 15) is 4.79 Å². The maximum Gasteiger partial charge on any atom is 0.234 e. The number of likely N-dealkylation sites (tertiary alicyclic amines) is 1. The van der Waals surface area contributed by atoms with Crippen LogP contribution in [0.2, 0.25) is 0 Å². The topological polar surface area (TPSA) is 58.6 Å². The lowest BCUT2D eigenvalue weighted by molar-refractivity contribution is -0.137. The van der Waals surface area contributed by atoms with Crippen molar-refractivity contribution in [3.05, 3.63) is 12.4 Å². The van der Waals surface area contributed by atoms with Gasteiger partial charge in [-0.3, -0.25) is 9.78 Å². The van der Waals surface area contributed by atoms with Crippen molar-refractivity contribution in [3.63, 3.8) is 0 Å². The van der Waals surface area contributed by atoms with Crippen molar-refractivity contribution in [3.8, 4) is 5.88 Å². The van der Waals surface area contributed by atoms with E-state index in [1.54, 1.807) is 12.4 Å². The summed E-state index contributed by atoms with van der Waals surface area (Å²) < 4.78 is 5.63. The molecule has 3 rings (SSSR count). The quantitative estimate of drug-likeness (QED) is 0.839. The zero-order chi connectivity index (χ0) is 17.8. The lowest BCUT2D eigenvalue weighted by Crippen LogP contribution is -2.46. The molecule has 0 N–H and O–H groups in total. The van der Waals surface area contributed by atoms with Crippen molar-refractivity contribution >= 4 is 11.7 Å². The van der Waals surface area contributed by atoms with Crippen LogP contribution < -0.4 is 9.64 Å². The number of hydrogen-bond acceptors (Lipinski definition) is 5. The molecule has 6 heteroatoms. The summed E-state index contributed by atoms with van der Waals surface area (Å²) in [6.07, 6.45) is 7.68. The van der Waals surface area contributed by atoms with Crippen LogP contribution in [0.5, 0.6) is 5.88 Å². The standard InChI is InChI=1S/C19H30N4O2/c1-14(2)25-18-12-20-11-17(21-18)22-9-6-16(7-10-22)19(24)23-8-4-5-15(3)13-23/h11-12,14-16H,4-10,13H2,1-3H3. The highest BCUT2D eigenvalue weighted by Gasteiger charge is 2.31. The number of aromatic nitrogens is 2. The van der Waals surface area contributed by atoms with Gasteiger partial charge in [0.1, 0.15) is 0 Å². The predicted octanol–water partition coefficient (Wildman–Crippen LogP) is 2.74. The number of nitrogens with zero attached hydrogens (tertiary/aromatic N) is 4. The molecule has 2 fully saturated rings. The monoisotopic (exact) mass is 346 g/mol. The van der Waals surface area contributed by atoms with Gasteiger partial charge in [0.25, 0.3) is 0 Å². The van der Waals surface area contributed by atoms with E-state index in [0.29, 0.717) is 17.7 Å². The molecule has 1 unspecified atom stereocenters. The summed E-state index contributed by atoms with van der Waals surface area (Å²) in [4.78, 5) is 25.9. The number of carbonyl (C=O) groups excluding carboxylic acids is 1. The molecule has 0 aliphatic carbocycles. The van der Waals surface area contributed by atoms with E-state index in [4.69, 9.17) is 4.74 Å². The van der Waals surface area contributed by atoms with E-state index in [1.165, 1.54) is 6.42 Å². The molecule has 2 aliphatic heterocycles. The Kier molecular flexibility index (Phi) is 5.76. The molecule has 138 valence electrons. The number of amides is 1. The second-order valence-corrected chi connectivity index (χ2v) is 7.68. The molecule has 0 spiro atoms. The minimum Gasteiger partial charge on any atom is -0.474 e. The smallest absolute Gasteiger partial charge is 0.234 e. The van der Waals surface area contributed by atoms with Crippen LogP contribution in [0.4, 0.5) is 5.82 Å². The molecule has 0 bridgehead atoms. The summed E-state index contributed by atoms with van der Waals surface area (Å²) in [7, 11) is 0. The van der Waals surface area contributed by atoms with Crippen LogP contribution in [0.15, 0.2) is 12.4 Å². The zero-order valence-electron chi connectivity index (χ0n) is 15.6. The Morgan fingerprint density at radius 1 is 1.20 bits per heavy atom. The van der Waals surface area contributed by atoms with Gasteiger partial charge in [-0.2, -0.15) is 4.98 Å². The van der Waals surface area contributed by atoms with Crippen LogP contribution in [0, 0.1) is 11.8 Å². The largest absolute Gasteiger partial charge is 0.474 e. The molecule has 0 saturated carbocycles. The van der Waals surface area contributed by atoms with Crippen molar-refractivity contribution < 1.29 is 9.53 Å². The van der Waals surface area contributed by atoms with Crippen molar-refractivity contribution in [2.45, 2.75) is 52.6 Å². The first-order valence-electron chi connectivity index (χ1n) is 9.55. The van der Waals surface area contributed by atoms with Crippen molar-refractivity contribution in [1.29, 1.82) is 0 Å². The molecule has 0 radical (unpaired) electrons. The summed E-state index contributed by atoms with van der Waals surface area (Å²) in [6, 6.07) is 0. The van der Waals surface area contributed by atoms with Gasteiger partial charge >= 0.3 is 0 Å². The third-order valence-corrected chi connectivity index (χ3v) is 5.09. The SMILES string of the molecule is CC1CCCN(C(=O)C2CCN(c3cncc(OC(C)C)n3)CC2)C1. The van der Waals surface area contributed by atoms with Gasteiger partial charge in [0.2, 0.25) is 11.8 Å². The van der Waals surface area contributed by atoms with E-state index in [-0.39, 0.29) is 12.0 Å². The van der Waals surface area contributed by atoms with Gasteiger partial charge in [0.15, 0.2) is 5.82 Å².